The summed E-state index contributed by atoms with van der Waals surface area (Å²) < 4.78 is 16.1. The number of piperidine rings is 1. The van der Waals surface area contributed by atoms with Crippen molar-refractivity contribution in [3.8, 4) is 0 Å². The Morgan fingerprint density at radius 3 is 3.17 bits per heavy atom. The Bertz CT molecular complexity index is 491. The van der Waals surface area contributed by atoms with Gasteiger partial charge >= 0.3 is 0 Å². The highest BCUT2D eigenvalue weighted by Gasteiger charge is 2.41. The average Bonchev–Trinajstić information content (AvgIpc) is 3.07. The first-order valence-corrected chi connectivity index (χ1v) is 8.39. The van der Waals surface area contributed by atoms with Crippen molar-refractivity contribution in [1.29, 1.82) is 0 Å². The maximum absolute atomic E-state index is 12.5. The van der Waals surface area contributed by atoms with Crippen LogP contribution in [-0.2, 0) is 20.8 Å². The standard InChI is InChI=1S/C17H26N2O4/c1-21-9-5-18-17(20)14-4-8-23-16-2-6-19(11-15(14)16)10-13-3-7-22-12-13/h3,7,12,14-16H,2,4-6,8-11H2,1H3,(H,18,20)/t14-,15-,16-/m1/s1. The Labute approximate surface area is 137 Å². The Kier molecular flexibility index (Phi) is 5.70. The van der Waals surface area contributed by atoms with E-state index in [4.69, 9.17) is 13.9 Å². The summed E-state index contributed by atoms with van der Waals surface area (Å²) in [5.41, 5.74) is 1.18. The monoisotopic (exact) mass is 322 g/mol. The number of likely N-dealkylation sites (tertiary alicyclic amines) is 1. The molecule has 0 aliphatic carbocycles. The van der Waals surface area contributed by atoms with E-state index >= 15 is 0 Å². The molecule has 2 aliphatic heterocycles. The second kappa shape index (κ2) is 7.95. The van der Waals surface area contributed by atoms with E-state index in [-0.39, 0.29) is 23.8 Å². The number of hydrogen-bond donors (Lipinski definition) is 1. The van der Waals surface area contributed by atoms with Gasteiger partial charge in [-0.15, -0.1) is 0 Å². The number of carbonyl (C=O) groups is 1. The second-order valence-electron chi connectivity index (χ2n) is 6.41. The lowest BCUT2D eigenvalue weighted by atomic mass is 9.79. The molecule has 2 fully saturated rings. The molecule has 1 aromatic heterocycles. The number of ether oxygens (including phenoxy) is 2. The average molecular weight is 322 g/mol. The maximum Gasteiger partial charge on any atom is 0.223 e. The summed E-state index contributed by atoms with van der Waals surface area (Å²) in [6.07, 6.45) is 5.50. The summed E-state index contributed by atoms with van der Waals surface area (Å²) in [6.45, 7) is 4.59. The van der Waals surface area contributed by atoms with Gasteiger partial charge in [0.15, 0.2) is 0 Å². The number of furan rings is 1. The lowest BCUT2D eigenvalue weighted by Crippen LogP contribution is -2.53. The SMILES string of the molecule is COCCNC(=O)[C@@H]1CCO[C@@H]2CCN(Cc3ccoc3)C[C@@H]21. The summed E-state index contributed by atoms with van der Waals surface area (Å²) in [6, 6.07) is 2.00. The molecule has 23 heavy (non-hydrogen) atoms. The summed E-state index contributed by atoms with van der Waals surface area (Å²) in [5, 5.41) is 2.99. The number of rotatable bonds is 6. The molecule has 1 aromatic rings. The number of nitrogens with zero attached hydrogens (tertiary/aromatic N) is 1. The van der Waals surface area contributed by atoms with Crippen molar-refractivity contribution in [2.24, 2.45) is 11.8 Å². The minimum absolute atomic E-state index is 0.0396. The topological polar surface area (TPSA) is 63.9 Å². The summed E-state index contributed by atoms with van der Waals surface area (Å²) in [4.78, 5) is 14.9. The van der Waals surface area contributed by atoms with Crippen LogP contribution in [0.2, 0.25) is 0 Å². The minimum Gasteiger partial charge on any atom is -0.472 e. The van der Waals surface area contributed by atoms with E-state index in [0.29, 0.717) is 19.8 Å². The van der Waals surface area contributed by atoms with Crippen molar-refractivity contribution < 1.29 is 18.7 Å². The molecule has 3 heterocycles. The van der Waals surface area contributed by atoms with Gasteiger partial charge < -0.3 is 19.2 Å². The lowest BCUT2D eigenvalue weighted by molar-refractivity contribution is -0.142. The van der Waals surface area contributed by atoms with E-state index in [1.807, 2.05) is 6.07 Å². The van der Waals surface area contributed by atoms with E-state index in [9.17, 15) is 4.79 Å². The van der Waals surface area contributed by atoms with Gasteiger partial charge in [-0.2, -0.15) is 0 Å². The number of fused-ring (bicyclic) bond motifs is 1. The van der Waals surface area contributed by atoms with Crippen molar-refractivity contribution in [2.75, 3.05) is 40.0 Å². The van der Waals surface area contributed by atoms with Crippen molar-refractivity contribution in [2.45, 2.75) is 25.5 Å². The molecule has 6 heteroatoms. The molecule has 3 rings (SSSR count). The highest BCUT2D eigenvalue weighted by Crippen LogP contribution is 2.33. The van der Waals surface area contributed by atoms with E-state index in [0.717, 1.165) is 32.5 Å². The third kappa shape index (κ3) is 4.13. The van der Waals surface area contributed by atoms with E-state index in [1.165, 1.54) is 5.56 Å². The fourth-order valence-electron chi connectivity index (χ4n) is 3.70. The second-order valence-corrected chi connectivity index (χ2v) is 6.41. The molecule has 0 bridgehead atoms. The molecule has 6 nitrogen and oxygen atoms in total. The fourth-order valence-corrected chi connectivity index (χ4v) is 3.70. The molecule has 2 saturated heterocycles. The molecular formula is C17H26N2O4. The van der Waals surface area contributed by atoms with Gasteiger partial charge in [0, 0.05) is 57.3 Å². The Morgan fingerprint density at radius 1 is 1.48 bits per heavy atom. The largest absolute Gasteiger partial charge is 0.472 e. The first-order chi connectivity index (χ1) is 11.3. The van der Waals surface area contributed by atoms with Gasteiger partial charge in [-0.3, -0.25) is 9.69 Å². The van der Waals surface area contributed by atoms with Crippen molar-refractivity contribution in [3.05, 3.63) is 24.2 Å². The Hall–Kier alpha value is -1.37. The lowest BCUT2D eigenvalue weighted by Gasteiger charge is -2.44. The first kappa shape index (κ1) is 16.5. The van der Waals surface area contributed by atoms with E-state index in [2.05, 4.69) is 10.2 Å². The summed E-state index contributed by atoms with van der Waals surface area (Å²) in [7, 11) is 1.64. The van der Waals surface area contributed by atoms with Crippen LogP contribution in [0.25, 0.3) is 0 Å². The van der Waals surface area contributed by atoms with Crippen LogP contribution in [0.3, 0.4) is 0 Å². The number of amides is 1. The van der Waals surface area contributed by atoms with Crippen LogP contribution in [0.15, 0.2) is 23.0 Å². The third-order valence-electron chi connectivity index (χ3n) is 4.88. The normalized spacial score (nSPS) is 28.3. The predicted molar refractivity (Wildman–Crippen MR) is 84.8 cm³/mol. The minimum atomic E-state index is 0.0396. The third-order valence-corrected chi connectivity index (χ3v) is 4.88. The molecule has 0 saturated carbocycles. The molecule has 1 N–H and O–H groups in total. The van der Waals surface area contributed by atoms with Gasteiger partial charge in [-0.05, 0) is 18.9 Å². The maximum atomic E-state index is 12.5. The Balaban J connectivity index is 1.59. The molecule has 0 aromatic carbocycles. The highest BCUT2D eigenvalue weighted by molar-refractivity contribution is 5.79. The van der Waals surface area contributed by atoms with Gasteiger partial charge in [0.25, 0.3) is 0 Å². The zero-order valence-corrected chi connectivity index (χ0v) is 13.7. The summed E-state index contributed by atoms with van der Waals surface area (Å²) >= 11 is 0. The van der Waals surface area contributed by atoms with Gasteiger partial charge in [0.05, 0.1) is 25.2 Å². The number of carbonyl (C=O) groups excluding carboxylic acids is 1. The molecule has 0 unspecified atom stereocenters. The van der Waals surface area contributed by atoms with Gasteiger partial charge in [-0.25, -0.2) is 0 Å². The zero-order chi connectivity index (χ0) is 16.1. The predicted octanol–water partition coefficient (Wildman–Crippen LogP) is 1.27. The van der Waals surface area contributed by atoms with Crippen LogP contribution in [-0.4, -0.2) is 56.9 Å². The van der Waals surface area contributed by atoms with E-state index < -0.39 is 0 Å². The number of hydrogen-bond acceptors (Lipinski definition) is 5. The first-order valence-electron chi connectivity index (χ1n) is 8.39. The number of methoxy groups -OCH3 is 1. The molecule has 3 atom stereocenters. The van der Waals surface area contributed by atoms with Crippen LogP contribution >= 0.6 is 0 Å². The molecule has 0 spiro atoms. The van der Waals surface area contributed by atoms with Crippen LogP contribution in [0.1, 0.15) is 18.4 Å². The number of nitrogens with one attached hydrogen (secondary N) is 1. The van der Waals surface area contributed by atoms with Crippen LogP contribution < -0.4 is 5.32 Å². The van der Waals surface area contributed by atoms with Gasteiger partial charge in [0.2, 0.25) is 5.91 Å². The van der Waals surface area contributed by atoms with Crippen LogP contribution in [0.4, 0.5) is 0 Å². The quantitative estimate of drug-likeness (QED) is 0.799. The van der Waals surface area contributed by atoms with Crippen molar-refractivity contribution >= 4 is 5.91 Å². The van der Waals surface area contributed by atoms with Crippen LogP contribution in [0, 0.1) is 11.8 Å². The molecule has 1 amide bonds. The summed E-state index contributed by atoms with van der Waals surface area (Å²) in [5.74, 6) is 0.454. The van der Waals surface area contributed by atoms with Crippen molar-refractivity contribution in [3.63, 3.8) is 0 Å². The molecule has 2 aliphatic rings. The Morgan fingerprint density at radius 2 is 2.39 bits per heavy atom. The van der Waals surface area contributed by atoms with E-state index in [1.54, 1.807) is 19.6 Å². The van der Waals surface area contributed by atoms with Crippen molar-refractivity contribution in [1.82, 2.24) is 10.2 Å². The van der Waals surface area contributed by atoms with Gasteiger partial charge in [-0.1, -0.05) is 0 Å². The fraction of sp³-hybridized carbons (Fsp3) is 0.706. The molecular weight excluding hydrogens is 296 g/mol. The zero-order valence-electron chi connectivity index (χ0n) is 13.7. The smallest absolute Gasteiger partial charge is 0.223 e. The van der Waals surface area contributed by atoms with Crippen LogP contribution in [0.5, 0.6) is 0 Å². The highest BCUT2D eigenvalue weighted by atomic mass is 16.5. The van der Waals surface area contributed by atoms with Gasteiger partial charge in [0.1, 0.15) is 0 Å². The molecule has 128 valence electrons. The molecule has 0 radical (unpaired) electrons.